The lowest BCUT2D eigenvalue weighted by Crippen LogP contribution is -2.19. The summed E-state index contributed by atoms with van der Waals surface area (Å²) >= 11 is 3.03. The maximum Gasteiger partial charge on any atom is 0.391 e. The van der Waals surface area contributed by atoms with E-state index in [0.717, 1.165) is 4.68 Å². The van der Waals surface area contributed by atoms with Gasteiger partial charge in [-0.2, -0.15) is 4.68 Å². The van der Waals surface area contributed by atoms with Gasteiger partial charge in [-0.1, -0.05) is 6.92 Å². The Balaban J connectivity index is 3.13. The molecule has 1 atom stereocenters. The normalized spacial score (nSPS) is 12.4. The lowest BCUT2D eigenvalue weighted by Gasteiger charge is -2.06. The standard InChI is InChI=1S/C7H8BrN3O4/c1-2-4(7(12)13)10-5(8)3-6(9-10)11(14)15/h3-4H,2H2,1H3,(H,12,13). The molecule has 0 bridgehead atoms. The Labute approximate surface area is 93.0 Å². The highest BCUT2D eigenvalue weighted by molar-refractivity contribution is 9.10. The molecule has 0 saturated heterocycles. The van der Waals surface area contributed by atoms with Crippen molar-refractivity contribution in [2.24, 2.45) is 0 Å². The number of nitro groups is 1. The zero-order valence-corrected chi connectivity index (χ0v) is 9.34. The summed E-state index contributed by atoms with van der Waals surface area (Å²) in [5, 5.41) is 22.8. The number of carbonyl (C=O) groups is 1. The van der Waals surface area contributed by atoms with Gasteiger partial charge in [-0.3, -0.25) is 0 Å². The van der Waals surface area contributed by atoms with Crippen LogP contribution in [0.1, 0.15) is 19.4 Å². The average molecular weight is 278 g/mol. The van der Waals surface area contributed by atoms with Crippen LogP contribution in [0.25, 0.3) is 0 Å². The number of carboxylic acids is 1. The topological polar surface area (TPSA) is 98.3 Å². The van der Waals surface area contributed by atoms with E-state index in [9.17, 15) is 14.9 Å². The van der Waals surface area contributed by atoms with Crippen LogP contribution in [-0.4, -0.2) is 25.8 Å². The fourth-order valence-corrected chi connectivity index (χ4v) is 1.65. The van der Waals surface area contributed by atoms with Gasteiger partial charge in [-0.05, 0) is 27.3 Å². The number of hydrogen-bond acceptors (Lipinski definition) is 4. The minimum Gasteiger partial charge on any atom is -0.480 e. The van der Waals surface area contributed by atoms with Gasteiger partial charge in [0.25, 0.3) is 0 Å². The molecular weight excluding hydrogens is 270 g/mol. The first-order valence-corrected chi connectivity index (χ1v) is 4.89. The molecule has 7 nitrogen and oxygen atoms in total. The maximum atomic E-state index is 10.8. The Morgan fingerprint density at radius 3 is 2.80 bits per heavy atom. The van der Waals surface area contributed by atoms with Gasteiger partial charge < -0.3 is 15.2 Å². The highest BCUT2D eigenvalue weighted by Crippen LogP contribution is 2.23. The zero-order valence-electron chi connectivity index (χ0n) is 7.75. The first-order valence-electron chi connectivity index (χ1n) is 4.09. The highest BCUT2D eigenvalue weighted by atomic mass is 79.9. The zero-order chi connectivity index (χ0) is 11.6. The molecule has 1 aromatic rings. The van der Waals surface area contributed by atoms with Gasteiger partial charge in [-0.15, -0.1) is 0 Å². The summed E-state index contributed by atoms with van der Waals surface area (Å²) in [5.74, 6) is -1.45. The molecule has 1 rings (SSSR count). The number of aliphatic carboxylic acids is 1. The van der Waals surface area contributed by atoms with E-state index in [1.807, 2.05) is 0 Å². The molecule has 8 heteroatoms. The summed E-state index contributed by atoms with van der Waals surface area (Å²) < 4.78 is 1.36. The molecule has 0 amide bonds. The van der Waals surface area contributed by atoms with Gasteiger partial charge >= 0.3 is 11.8 Å². The van der Waals surface area contributed by atoms with Crippen molar-refractivity contribution in [3.05, 3.63) is 20.8 Å². The fourth-order valence-electron chi connectivity index (χ4n) is 1.12. The van der Waals surface area contributed by atoms with E-state index in [0.29, 0.717) is 6.42 Å². The van der Waals surface area contributed by atoms with E-state index in [1.54, 1.807) is 6.92 Å². The highest BCUT2D eigenvalue weighted by Gasteiger charge is 2.27. The molecule has 82 valence electrons. The molecule has 0 aliphatic rings. The smallest absolute Gasteiger partial charge is 0.391 e. The molecule has 1 unspecified atom stereocenters. The maximum absolute atomic E-state index is 10.8. The van der Waals surface area contributed by atoms with Gasteiger partial charge in [0.1, 0.15) is 4.60 Å². The van der Waals surface area contributed by atoms with Crippen molar-refractivity contribution in [3.8, 4) is 0 Å². The van der Waals surface area contributed by atoms with Gasteiger partial charge in [0.05, 0.1) is 11.2 Å². The largest absolute Gasteiger partial charge is 0.480 e. The Kier molecular flexibility index (Phi) is 3.40. The third-order valence-corrected chi connectivity index (χ3v) is 2.42. The summed E-state index contributed by atoms with van der Waals surface area (Å²) in [7, 11) is 0. The van der Waals surface area contributed by atoms with Crippen LogP contribution in [0.3, 0.4) is 0 Å². The van der Waals surface area contributed by atoms with Crippen molar-refractivity contribution in [1.29, 1.82) is 0 Å². The second kappa shape index (κ2) is 4.39. The lowest BCUT2D eigenvalue weighted by molar-refractivity contribution is -0.389. The molecule has 0 saturated carbocycles. The molecule has 0 radical (unpaired) electrons. The monoisotopic (exact) mass is 277 g/mol. The molecule has 1 N–H and O–H groups in total. The Morgan fingerprint density at radius 2 is 2.47 bits per heavy atom. The summed E-state index contributed by atoms with van der Waals surface area (Å²) in [5.41, 5.74) is 0. The van der Waals surface area contributed by atoms with Crippen molar-refractivity contribution in [2.75, 3.05) is 0 Å². The Bertz CT molecular complexity index is 403. The van der Waals surface area contributed by atoms with Crippen molar-refractivity contribution >= 4 is 27.7 Å². The molecule has 1 heterocycles. The van der Waals surface area contributed by atoms with Crippen molar-refractivity contribution in [3.63, 3.8) is 0 Å². The first-order chi connectivity index (χ1) is 6.97. The van der Waals surface area contributed by atoms with Gasteiger partial charge in [0.2, 0.25) is 0 Å². The molecular formula is C7H8BrN3O4. The van der Waals surface area contributed by atoms with Gasteiger partial charge in [0.15, 0.2) is 6.04 Å². The number of rotatable bonds is 4. The van der Waals surface area contributed by atoms with Crippen LogP contribution in [0, 0.1) is 10.1 Å². The average Bonchev–Trinajstić information content (AvgIpc) is 2.49. The van der Waals surface area contributed by atoms with E-state index < -0.39 is 16.9 Å². The SMILES string of the molecule is CCC(C(=O)O)n1nc([N+](=O)[O-])cc1Br. The molecule has 0 aliphatic heterocycles. The summed E-state index contributed by atoms with van der Waals surface area (Å²) in [6, 6.07) is 0.277. The predicted molar refractivity (Wildman–Crippen MR) is 53.5 cm³/mol. The minimum absolute atomic E-state index is 0.281. The second-order valence-electron chi connectivity index (χ2n) is 2.79. The number of hydrogen-bond donors (Lipinski definition) is 1. The van der Waals surface area contributed by atoms with E-state index >= 15 is 0 Å². The van der Waals surface area contributed by atoms with E-state index in [1.165, 1.54) is 6.07 Å². The molecule has 0 aliphatic carbocycles. The molecule has 0 spiro atoms. The fraction of sp³-hybridized carbons (Fsp3) is 0.429. The quantitative estimate of drug-likeness (QED) is 0.666. The van der Waals surface area contributed by atoms with Gasteiger partial charge in [0, 0.05) is 0 Å². The molecule has 15 heavy (non-hydrogen) atoms. The van der Waals surface area contributed by atoms with E-state index in [-0.39, 0.29) is 10.4 Å². The number of aromatic nitrogens is 2. The van der Waals surface area contributed by atoms with Crippen LogP contribution in [0.4, 0.5) is 5.82 Å². The van der Waals surface area contributed by atoms with Crippen molar-refractivity contribution < 1.29 is 14.8 Å². The van der Waals surface area contributed by atoms with Crippen LogP contribution in [0.15, 0.2) is 10.7 Å². The number of halogens is 1. The first kappa shape index (κ1) is 11.6. The number of carboxylic acid groups (broad SMARTS) is 1. The number of nitrogens with zero attached hydrogens (tertiary/aromatic N) is 3. The predicted octanol–water partition coefficient (Wildman–Crippen LogP) is 1.59. The third kappa shape index (κ3) is 2.32. The second-order valence-corrected chi connectivity index (χ2v) is 3.60. The third-order valence-electron chi connectivity index (χ3n) is 1.83. The molecule has 0 aromatic carbocycles. The summed E-state index contributed by atoms with van der Waals surface area (Å²) in [6.45, 7) is 1.67. The Hall–Kier alpha value is -1.44. The molecule has 1 aromatic heterocycles. The van der Waals surface area contributed by atoms with Crippen LogP contribution >= 0.6 is 15.9 Å². The van der Waals surface area contributed by atoms with Crippen LogP contribution in [0.2, 0.25) is 0 Å². The van der Waals surface area contributed by atoms with Crippen LogP contribution < -0.4 is 0 Å². The van der Waals surface area contributed by atoms with Crippen molar-refractivity contribution in [1.82, 2.24) is 9.78 Å². The van der Waals surface area contributed by atoms with Gasteiger partial charge in [-0.25, -0.2) is 4.79 Å². The van der Waals surface area contributed by atoms with Crippen molar-refractivity contribution in [2.45, 2.75) is 19.4 Å². The van der Waals surface area contributed by atoms with E-state index in [4.69, 9.17) is 5.11 Å². The Morgan fingerprint density at radius 1 is 1.87 bits per heavy atom. The summed E-state index contributed by atoms with van der Waals surface area (Å²) in [4.78, 5) is 20.5. The lowest BCUT2D eigenvalue weighted by atomic mass is 10.2. The van der Waals surface area contributed by atoms with Crippen LogP contribution in [-0.2, 0) is 4.79 Å². The minimum atomic E-state index is -1.07. The van der Waals surface area contributed by atoms with E-state index in [2.05, 4.69) is 21.0 Å². The molecule has 0 fully saturated rings. The van der Waals surface area contributed by atoms with Crippen LogP contribution in [0.5, 0.6) is 0 Å². The summed E-state index contributed by atoms with van der Waals surface area (Å²) in [6.07, 6.45) is 0.298.